The quantitative estimate of drug-likeness (QED) is 0.563. The summed E-state index contributed by atoms with van der Waals surface area (Å²) < 4.78 is 5.76. The molecule has 0 aliphatic rings. The van der Waals surface area contributed by atoms with Gasteiger partial charge in [0.15, 0.2) is 0 Å². The molecule has 0 aliphatic heterocycles. The number of benzene rings is 2. The summed E-state index contributed by atoms with van der Waals surface area (Å²) in [5.74, 6) is 1.72. The van der Waals surface area contributed by atoms with Gasteiger partial charge in [0.2, 0.25) is 5.65 Å². The van der Waals surface area contributed by atoms with E-state index in [9.17, 15) is 5.21 Å². The molecule has 0 saturated heterocycles. The lowest BCUT2D eigenvalue weighted by molar-refractivity contribution is 0.160. The maximum absolute atomic E-state index is 9.86. The summed E-state index contributed by atoms with van der Waals surface area (Å²) in [5.41, 5.74) is 7.45. The SMILES string of the molecule is Nc1ncnc2c1c(-c1ccc(Oc3ccccc3)cc1)nn2O. The minimum Gasteiger partial charge on any atom is -0.457 e. The Labute approximate surface area is 136 Å². The number of fused-ring (bicyclic) bond motifs is 1. The van der Waals surface area contributed by atoms with Crippen LogP contribution in [-0.4, -0.2) is 25.1 Å². The van der Waals surface area contributed by atoms with Gasteiger partial charge < -0.3 is 15.7 Å². The van der Waals surface area contributed by atoms with Crippen molar-refractivity contribution < 1.29 is 9.94 Å². The topological polar surface area (TPSA) is 99.1 Å². The molecule has 2 aromatic heterocycles. The molecule has 0 atom stereocenters. The van der Waals surface area contributed by atoms with Gasteiger partial charge >= 0.3 is 0 Å². The smallest absolute Gasteiger partial charge is 0.204 e. The normalized spacial score (nSPS) is 10.8. The highest BCUT2D eigenvalue weighted by atomic mass is 16.5. The molecule has 0 amide bonds. The number of nitrogens with zero attached hydrogens (tertiary/aromatic N) is 4. The van der Waals surface area contributed by atoms with Crippen LogP contribution >= 0.6 is 0 Å². The van der Waals surface area contributed by atoms with Crippen molar-refractivity contribution in [2.24, 2.45) is 0 Å². The van der Waals surface area contributed by atoms with Gasteiger partial charge in [0.1, 0.15) is 29.3 Å². The van der Waals surface area contributed by atoms with E-state index < -0.39 is 0 Å². The summed E-state index contributed by atoms with van der Waals surface area (Å²) >= 11 is 0. The maximum atomic E-state index is 9.86. The molecule has 4 aromatic rings. The van der Waals surface area contributed by atoms with E-state index in [1.54, 1.807) is 0 Å². The molecular weight excluding hydrogens is 306 g/mol. The molecule has 4 rings (SSSR count). The zero-order valence-electron chi connectivity index (χ0n) is 12.5. The van der Waals surface area contributed by atoms with Crippen LogP contribution in [0.2, 0.25) is 0 Å². The average molecular weight is 319 g/mol. The number of nitrogens with two attached hydrogens (primary N) is 1. The van der Waals surface area contributed by atoms with Gasteiger partial charge in [-0.15, -0.1) is 5.10 Å². The fourth-order valence-electron chi connectivity index (χ4n) is 2.47. The molecule has 0 spiro atoms. The molecular formula is C17H13N5O2. The number of hydrogen-bond donors (Lipinski definition) is 2. The molecule has 0 aliphatic carbocycles. The zero-order chi connectivity index (χ0) is 16.5. The molecule has 2 heterocycles. The Balaban J connectivity index is 1.71. The molecule has 0 unspecified atom stereocenters. The monoisotopic (exact) mass is 319 g/mol. The Hall–Kier alpha value is -3.61. The van der Waals surface area contributed by atoms with Crippen LogP contribution < -0.4 is 10.5 Å². The van der Waals surface area contributed by atoms with Crippen molar-refractivity contribution in [1.82, 2.24) is 19.9 Å². The number of aromatic nitrogens is 4. The van der Waals surface area contributed by atoms with E-state index in [1.807, 2.05) is 54.6 Å². The average Bonchev–Trinajstić information content (AvgIpc) is 2.95. The number of para-hydroxylation sites is 1. The molecule has 0 bridgehead atoms. The summed E-state index contributed by atoms with van der Waals surface area (Å²) in [6, 6.07) is 16.8. The highest BCUT2D eigenvalue weighted by Gasteiger charge is 2.16. The number of nitrogen functional groups attached to an aromatic ring is 1. The van der Waals surface area contributed by atoms with Crippen LogP contribution in [0.15, 0.2) is 60.9 Å². The summed E-state index contributed by atoms with van der Waals surface area (Å²) in [5, 5.41) is 14.5. The van der Waals surface area contributed by atoms with E-state index in [1.165, 1.54) is 6.33 Å². The van der Waals surface area contributed by atoms with Crippen molar-refractivity contribution in [3.05, 3.63) is 60.9 Å². The predicted octanol–water partition coefficient (Wildman–Crippen LogP) is 3.11. The third-order valence-corrected chi connectivity index (χ3v) is 3.58. The van der Waals surface area contributed by atoms with Gasteiger partial charge in [0.25, 0.3) is 0 Å². The molecule has 2 aromatic carbocycles. The van der Waals surface area contributed by atoms with E-state index in [4.69, 9.17) is 10.5 Å². The van der Waals surface area contributed by atoms with Crippen LogP contribution in [0.5, 0.6) is 11.5 Å². The van der Waals surface area contributed by atoms with Crippen molar-refractivity contribution in [2.75, 3.05) is 5.73 Å². The first-order valence-electron chi connectivity index (χ1n) is 7.24. The van der Waals surface area contributed by atoms with Crippen LogP contribution in [0.4, 0.5) is 5.82 Å². The van der Waals surface area contributed by atoms with Crippen LogP contribution in [0.3, 0.4) is 0 Å². The Bertz CT molecular complexity index is 997. The lowest BCUT2D eigenvalue weighted by Crippen LogP contribution is -1.96. The van der Waals surface area contributed by atoms with Gasteiger partial charge in [-0.25, -0.2) is 9.97 Å². The Morgan fingerprint density at radius 1 is 0.917 bits per heavy atom. The fourth-order valence-corrected chi connectivity index (χ4v) is 2.47. The largest absolute Gasteiger partial charge is 0.457 e. The minimum atomic E-state index is 0.264. The Morgan fingerprint density at radius 3 is 2.38 bits per heavy atom. The molecule has 7 heteroatoms. The molecule has 7 nitrogen and oxygen atoms in total. The van der Waals surface area contributed by atoms with Gasteiger partial charge in [-0.2, -0.15) is 0 Å². The molecule has 0 fully saturated rings. The van der Waals surface area contributed by atoms with Crippen molar-refractivity contribution in [2.45, 2.75) is 0 Å². The molecule has 3 N–H and O–H groups in total. The fraction of sp³-hybridized carbons (Fsp3) is 0. The lowest BCUT2D eigenvalue weighted by Gasteiger charge is -2.06. The first-order valence-corrected chi connectivity index (χ1v) is 7.24. The third kappa shape index (κ3) is 2.38. The molecule has 0 radical (unpaired) electrons. The Morgan fingerprint density at radius 2 is 1.62 bits per heavy atom. The second kappa shape index (κ2) is 5.54. The molecule has 24 heavy (non-hydrogen) atoms. The summed E-state index contributed by atoms with van der Waals surface area (Å²) in [4.78, 5) is 8.66. The number of anilines is 1. The third-order valence-electron chi connectivity index (χ3n) is 3.58. The van der Waals surface area contributed by atoms with Crippen LogP contribution in [0, 0.1) is 0 Å². The van der Waals surface area contributed by atoms with Crippen LogP contribution in [0.1, 0.15) is 0 Å². The van der Waals surface area contributed by atoms with E-state index in [-0.39, 0.29) is 11.5 Å². The van der Waals surface area contributed by atoms with Crippen LogP contribution in [0.25, 0.3) is 22.3 Å². The molecule has 0 saturated carbocycles. The maximum Gasteiger partial charge on any atom is 0.204 e. The Kier molecular flexibility index (Phi) is 3.24. The predicted molar refractivity (Wildman–Crippen MR) is 88.9 cm³/mol. The van der Waals surface area contributed by atoms with Gasteiger partial charge in [0.05, 0.1) is 5.39 Å². The second-order valence-corrected chi connectivity index (χ2v) is 5.14. The summed E-state index contributed by atoms with van der Waals surface area (Å²) in [6.07, 6.45) is 1.28. The zero-order valence-corrected chi connectivity index (χ0v) is 12.5. The van der Waals surface area contributed by atoms with Gasteiger partial charge in [-0.1, -0.05) is 23.0 Å². The first-order chi connectivity index (χ1) is 11.7. The van der Waals surface area contributed by atoms with E-state index in [0.29, 0.717) is 21.7 Å². The minimum absolute atomic E-state index is 0.264. The lowest BCUT2D eigenvalue weighted by atomic mass is 10.1. The van der Waals surface area contributed by atoms with E-state index in [0.717, 1.165) is 11.3 Å². The molecule has 118 valence electrons. The van der Waals surface area contributed by atoms with Gasteiger partial charge in [0, 0.05) is 5.56 Å². The first kappa shape index (κ1) is 14.0. The van der Waals surface area contributed by atoms with Crippen molar-refractivity contribution in [3.8, 4) is 22.8 Å². The van der Waals surface area contributed by atoms with E-state index in [2.05, 4.69) is 15.1 Å². The van der Waals surface area contributed by atoms with Crippen LogP contribution in [-0.2, 0) is 0 Å². The van der Waals surface area contributed by atoms with Gasteiger partial charge in [-0.05, 0) is 36.4 Å². The van der Waals surface area contributed by atoms with Crippen molar-refractivity contribution in [3.63, 3.8) is 0 Å². The van der Waals surface area contributed by atoms with Crippen molar-refractivity contribution >= 4 is 16.9 Å². The standard InChI is InChI=1S/C17H13N5O2/c18-16-14-15(21-22(23)17(14)20-10-19-16)11-6-8-13(9-7-11)24-12-4-2-1-3-5-12/h1-10,23H,(H2,18,19,20). The van der Waals surface area contributed by atoms with Crippen molar-refractivity contribution in [1.29, 1.82) is 0 Å². The number of rotatable bonds is 3. The number of hydrogen-bond acceptors (Lipinski definition) is 6. The number of ether oxygens (including phenoxy) is 1. The second-order valence-electron chi connectivity index (χ2n) is 5.14. The highest BCUT2D eigenvalue weighted by Crippen LogP contribution is 2.31. The summed E-state index contributed by atoms with van der Waals surface area (Å²) in [6.45, 7) is 0. The van der Waals surface area contributed by atoms with Gasteiger partial charge in [-0.3, -0.25) is 0 Å². The van der Waals surface area contributed by atoms with E-state index >= 15 is 0 Å². The summed E-state index contributed by atoms with van der Waals surface area (Å²) in [7, 11) is 0. The highest BCUT2D eigenvalue weighted by molar-refractivity contribution is 5.98.